The molecule has 0 bridgehead atoms. The van der Waals surface area contributed by atoms with Crippen LogP contribution in [-0.2, 0) is 0 Å². The highest BCUT2D eigenvalue weighted by atomic mass is 19.3. The molecule has 0 unspecified atom stereocenters. The van der Waals surface area contributed by atoms with Crippen LogP contribution in [0.5, 0.6) is 0 Å². The van der Waals surface area contributed by atoms with Crippen LogP contribution in [0.1, 0.15) is 47.1 Å². The highest BCUT2D eigenvalue weighted by Gasteiger charge is 2.28. The van der Waals surface area contributed by atoms with Gasteiger partial charge in [0.2, 0.25) is 0 Å². The number of carbonyl (C=O) groups is 1. The van der Waals surface area contributed by atoms with Gasteiger partial charge < -0.3 is 5.32 Å². The van der Waals surface area contributed by atoms with Crippen molar-refractivity contribution in [1.82, 2.24) is 14.6 Å². The number of carbonyl (C=O) groups excluding carboxylic acids is 1. The Morgan fingerprint density at radius 1 is 1.19 bits per heavy atom. The summed E-state index contributed by atoms with van der Waals surface area (Å²) in [5, 5.41) is 6.11. The highest BCUT2D eigenvalue weighted by molar-refractivity contribution is 6.03. The summed E-state index contributed by atoms with van der Waals surface area (Å²) in [5.41, 5.74) is -0.132. The molecule has 0 spiro atoms. The van der Waals surface area contributed by atoms with Gasteiger partial charge in [0.15, 0.2) is 11.3 Å². The molecule has 0 saturated heterocycles. The molecule has 0 aliphatic heterocycles. The lowest BCUT2D eigenvalue weighted by molar-refractivity contribution is 0.102. The van der Waals surface area contributed by atoms with E-state index in [4.69, 9.17) is 0 Å². The van der Waals surface area contributed by atoms with Gasteiger partial charge in [-0.05, 0) is 31.0 Å². The number of aromatic nitrogens is 3. The molecule has 4 rings (SSSR count). The first-order valence-electron chi connectivity index (χ1n) is 7.87. The zero-order valence-electron chi connectivity index (χ0n) is 13.2. The Morgan fingerprint density at radius 3 is 2.62 bits per heavy atom. The molecule has 9 heteroatoms. The van der Waals surface area contributed by atoms with Crippen molar-refractivity contribution in [1.29, 1.82) is 0 Å². The lowest BCUT2D eigenvalue weighted by atomic mass is 10.2. The third-order valence-electron chi connectivity index (χ3n) is 4.11. The van der Waals surface area contributed by atoms with E-state index in [-0.39, 0.29) is 28.6 Å². The molecule has 1 aliphatic carbocycles. The van der Waals surface area contributed by atoms with Gasteiger partial charge in [-0.1, -0.05) is 0 Å². The normalized spacial score (nSPS) is 14.2. The standard InChI is InChI=1S/C17H12F4N4O/c18-9-3-4-11(10(19)5-9)23-17(26)13-7-15-22-12(8-1-2-8)6-14(16(20)21)25(15)24-13/h3-8,16H,1-2H2,(H,23,26). The average molecular weight is 364 g/mol. The largest absolute Gasteiger partial charge is 0.318 e. The van der Waals surface area contributed by atoms with Crippen LogP contribution in [0.3, 0.4) is 0 Å². The fourth-order valence-electron chi connectivity index (χ4n) is 2.65. The average Bonchev–Trinajstić information content (AvgIpc) is 3.35. The molecule has 134 valence electrons. The minimum atomic E-state index is -2.79. The summed E-state index contributed by atoms with van der Waals surface area (Å²) in [5.74, 6) is -2.40. The maximum absolute atomic E-state index is 13.7. The number of anilines is 1. The van der Waals surface area contributed by atoms with E-state index in [1.807, 2.05) is 0 Å². The summed E-state index contributed by atoms with van der Waals surface area (Å²) in [4.78, 5) is 16.6. The van der Waals surface area contributed by atoms with Crippen LogP contribution in [0.2, 0.25) is 0 Å². The zero-order chi connectivity index (χ0) is 18.4. The van der Waals surface area contributed by atoms with Gasteiger partial charge in [0.1, 0.15) is 17.3 Å². The van der Waals surface area contributed by atoms with Crippen LogP contribution in [0.25, 0.3) is 5.65 Å². The predicted molar refractivity (Wildman–Crippen MR) is 84.2 cm³/mol. The number of nitrogens with zero attached hydrogens (tertiary/aromatic N) is 3. The SMILES string of the molecule is O=C(Nc1ccc(F)cc1F)c1cc2nc(C3CC3)cc(C(F)F)n2n1. The minimum Gasteiger partial charge on any atom is -0.318 e. The molecule has 2 heterocycles. The van der Waals surface area contributed by atoms with E-state index in [1.165, 1.54) is 12.1 Å². The number of benzene rings is 1. The number of fused-ring (bicyclic) bond motifs is 1. The second kappa shape index (κ2) is 6.08. The molecular formula is C17H12F4N4O. The van der Waals surface area contributed by atoms with E-state index in [0.29, 0.717) is 11.8 Å². The summed E-state index contributed by atoms with van der Waals surface area (Å²) >= 11 is 0. The van der Waals surface area contributed by atoms with E-state index in [2.05, 4.69) is 15.4 Å². The minimum absolute atomic E-state index is 0.120. The predicted octanol–water partition coefficient (Wildman–Crippen LogP) is 4.07. The third kappa shape index (κ3) is 3.00. The highest BCUT2D eigenvalue weighted by Crippen LogP contribution is 2.40. The smallest absolute Gasteiger partial charge is 0.280 e. The van der Waals surface area contributed by atoms with Crippen molar-refractivity contribution in [3.8, 4) is 0 Å². The van der Waals surface area contributed by atoms with Crippen LogP contribution in [-0.4, -0.2) is 20.5 Å². The van der Waals surface area contributed by atoms with Crippen molar-refractivity contribution >= 4 is 17.2 Å². The number of hydrogen-bond acceptors (Lipinski definition) is 3. The number of halogens is 4. The van der Waals surface area contributed by atoms with Gasteiger partial charge in [0.25, 0.3) is 12.3 Å². The summed E-state index contributed by atoms with van der Waals surface area (Å²) in [6.45, 7) is 0. The van der Waals surface area contributed by atoms with Crippen molar-refractivity contribution in [2.45, 2.75) is 25.2 Å². The van der Waals surface area contributed by atoms with Crippen molar-refractivity contribution in [2.75, 3.05) is 5.32 Å². The zero-order valence-corrected chi connectivity index (χ0v) is 13.2. The molecule has 1 amide bonds. The second-order valence-electron chi connectivity index (χ2n) is 6.06. The number of hydrogen-bond donors (Lipinski definition) is 1. The van der Waals surface area contributed by atoms with E-state index >= 15 is 0 Å². The van der Waals surface area contributed by atoms with Gasteiger partial charge in [-0.25, -0.2) is 27.1 Å². The van der Waals surface area contributed by atoms with Crippen LogP contribution < -0.4 is 5.32 Å². The molecule has 1 fully saturated rings. The third-order valence-corrected chi connectivity index (χ3v) is 4.11. The van der Waals surface area contributed by atoms with Crippen LogP contribution in [0, 0.1) is 11.6 Å². The van der Waals surface area contributed by atoms with Crippen molar-refractivity contribution in [3.63, 3.8) is 0 Å². The molecule has 3 aromatic rings. The summed E-state index contributed by atoms with van der Waals surface area (Å²) in [7, 11) is 0. The van der Waals surface area contributed by atoms with E-state index in [0.717, 1.165) is 29.5 Å². The molecule has 5 nitrogen and oxygen atoms in total. The lowest BCUT2D eigenvalue weighted by Crippen LogP contribution is -2.14. The van der Waals surface area contributed by atoms with Gasteiger partial charge in [0, 0.05) is 23.7 Å². The first-order chi connectivity index (χ1) is 12.4. The summed E-state index contributed by atoms with van der Waals surface area (Å²) in [6.07, 6.45) is -1.02. The van der Waals surface area contributed by atoms with Crippen molar-refractivity contribution in [2.24, 2.45) is 0 Å². The number of nitrogens with one attached hydrogen (secondary N) is 1. The Morgan fingerprint density at radius 2 is 1.96 bits per heavy atom. The Bertz CT molecular complexity index is 1010. The lowest BCUT2D eigenvalue weighted by Gasteiger charge is -2.06. The Labute approximate surface area is 144 Å². The fourth-order valence-corrected chi connectivity index (χ4v) is 2.65. The molecule has 2 aromatic heterocycles. The molecule has 26 heavy (non-hydrogen) atoms. The molecule has 0 atom stereocenters. The molecule has 1 N–H and O–H groups in total. The molecule has 0 radical (unpaired) electrons. The van der Waals surface area contributed by atoms with Crippen molar-refractivity contribution < 1.29 is 22.4 Å². The first-order valence-corrected chi connectivity index (χ1v) is 7.87. The van der Waals surface area contributed by atoms with Crippen LogP contribution >= 0.6 is 0 Å². The summed E-state index contributed by atoms with van der Waals surface area (Å²) in [6, 6.07) is 5.23. The van der Waals surface area contributed by atoms with Gasteiger partial charge >= 0.3 is 0 Å². The van der Waals surface area contributed by atoms with E-state index in [1.54, 1.807) is 0 Å². The quantitative estimate of drug-likeness (QED) is 0.710. The number of alkyl halides is 2. The van der Waals surface area contributed by atoms with Gasteiger partial charge in [-0.3, -0.25) is 4.79 Å². The maximum atomic E-state index is 13.7. The first kappa shape index (κ1) is 16.5. The van der Waals surface area contributed by atoms with E-state index < -0.39 is 24.0 Å². The number of amides is 1. The van der Waals surface area contributed by atoms with E-state index in [9.17, 15) is 22.4 Å². The Hall–Kier alpha value is -2.97. The number of rotatable bonds is 4. The van der Waals surface area contributed by atoms with Crippen LogP contribution in [0.4, 0.5) is 23.2 Å². The topological polar surface area (TPSA) is 59.3 Å². The summed E-state index contributed by atoms with van der Waals surface area (Å²) < 4.78 is 54.2. The monoisotopic (exact) mass is 364 g/mol. The Balaban J connectivity index is 1.70. The molecule has 1 saturated carbocycles. The molecule has 1 aliphatic rings. The molecule has 1 aromatic carbocycles. The van der Waals surface area contributed by atoms with Crippen molar-refractivity contribution in [3.05, 3.63) is 59.0 Å². The molecular weight excluding hydrogens is 352 g/mol. The fraction of sp³-hybridized carbons (Fsp3) is 0.235. The van der Waals surface area contributed by atoms with Crippen LogP contribution in [0.15, 0.2) is 30.3 Å². The van der Waals surface area contributed by atoms with Gasteiger partial charge in [-0.15, -0.1) is 0 Å². The maximum Gasteiger partial charge on any atom is 0.280 e. The second-order valence-corrected chi connectivity index (χ2v) is 6.06. The van der Waals surface area contributed by atoms with Gasteiger partial charge in [0.05, 0.1) is 5.69 Å². The van der Waals surface area contributed by atoms with Gasteiger partial charge in [-0.2, -0.15) is 5.10 Å². The Kier molecular flexibility index (Phi) is 3.86.